The van der Waals surface area contributed by atoms with Gasteiger partial charge in [-0.25, -0.2) is 9.59 Å². The van der Waals surface area contributed by atoms with Gasteiger partial charge in [0.1, 0.15) is 0 Å². The standard InChI is InChI=1S/C15H22N4S.2C2HF3O2/c1-11-4-5-12(20-11)8-19-7-6-13-14(9-18(2)3)16-17-15(13)10-19;2*3-2(4,5)1(6)7/h4-5H,6-10H2,1-3H3,(H,16,17);2*(H,6,7). The second-order valence-electron chi connectivity index (χ2n) is 7.44. The lowest BCUT2D eigenvalue weighted by atomic mass is 10.0. The molecule has 0 bridgehead atoms. The maximum Gasteiger partial charge on any atom is 0.490 e. The number of carbonyl (C=O) groups is 2. The lowest BCUT2D eigenvalue weighted by Gasteiger charge is -2.26. The van der Waals surface area contributed by atoms with E-state index in [2.05, 4.69) is 53.1 Å². The van der Waals surface area contributed by atoms with Crippen LogP contribution in [0.25, 0.3) is 0 Å². The molecule has 0 spiro atoms. The minimum Gasteiger partial charge on any atom is -0.475 e. The maximum absolute atomic E-state index is 10.6. The number of aliphatic carboxylic acids is 2. The van der Waals surface area contributed by atoms with Gasteiger partial charge in [0.15, 0.2) is 0 Å². The van der Waals surface area contributed by atoms with Gasteiger partial charge in [0.2, 0.25) is 0 Å². The fourth-order valence-corrected chi connectivity index (χ4v) is 3.73. The molecule has 1 aliphatic rings. The van der Waals surface area contributed by atoms with Gasteiger partial charge < -0.3 is 15.1 Å². The largest absolute Gasteiger partial charge is 0.490 e. The number of aryl methyl sites for hydroxylation is 1. The summed E-state index contributed by atoms with van der Waals surface area (Å²) in [6.45, 7) is 6.28. The molecule has 0 saturated carbocycles. The summed E-state index contributed by atoms with van der Waals surface area (Å²) < 4.78 is 63.5. The van der Waals surface area contributed by atoms with E-state index in [-0.39, 0.29) is 0 Å². The molecule has 0 fully saturated rings. The van der Waals surface area contributed by atoms with Crippen molar-refractivity contribution in [2.24, 2.45) is 0 Å². The molecule has 0 saturated heterocycles. The number of rotatable bonds is 4. The molecule has 0 aliphatic carbocycles. The highest BCUT2D eigenvalue weighted by Crippen LogP contribution is 2.24. The van der Waals surface area contributed by atoms with Crippen LogP contribution in [0.5, 0.6) is 0 Å². The van der Waals surface area contributed by atoms with Crippen molar-refractivity contribution in [1.82, 2.24) is 20.0 Å². The molecule has 8 nitrogen and oxygen atoms in total. The van der Waals surface area contributed by atoms with Crippen LogP contribution in [0.3, 0.4) is 0 Å². The van der Waals surface area contributed by atoms with Crippen LogP contribution in [-0.4, -0.2) is 75.1 Å². The fourth-order valence-electron chi connectivity index (χ4n) is 2.80. The summed E-state index contributed by atoms with van der Waals surface area (Å²) in [5.74, 6) is -5.51. The molecule has 0 atom stereocenters. The number of hydrogen-bond acceptors (Lipinski definition) is 6. The summed E-state index contributed by atoms with van der Waals surface area (Å²) in [4.78, 5) is 25.3. The molecule has 2 aromatic heterocycles. The number of thiophene rings is 1. The molecular weight excluding hydrogens is 494 g/mol. The van der Waals surface area contributed by atoms with E-state index in [0.29, 0.717) is 0 Å². The van der Waals surface area contributed by atoms with E-state index in [1.807, 2.05) is 11.3 Å². The quantitative estimate of drug-likeness (QED) is 0.530. The number of H-pyrrole nitrogens is 1. The van der Waals surface area contributed by atoms with E-state index in [1.165, 1.54) is 26.7 Å². The van der Waals surface area contributed by atoms with E-state index in [4.69, 9.17) is 19.8 Å². The lowest BCUT2D eigenvalue weighted by Crippen LogP contribution is -2.30. The van der Waals surface area contributed by atoms with Gasteiger partial charge in [-0.05, 0) is 39.6 Å². The van der Waals surface area contributed by atoms with Crippen molar-refractivity contribution in [3.8, 4) is 0 Å². The Balaban J connectivity index is 0.000000343. The van der Waals surface area contributed by atoms with Crippen molar-refractivity contribution >= 4 is 23.3 Å². The molecule has 1 aliphatic heterocycles. The Morgan fingerprint density at radius 2 is 1.65 bits per heavy atom. The number of hydrogen-bond donors (Lipinski definition) is 3. The third-order valence-corrected chi connectivity index (χ3v) is 5.21. The Morgan fingerprint density at radius 1 is 1.12 bits per heavy atom. The van der Waals surface area contributed by atoms with Gasteiger partial charge in [0, 0.05) is 41.5 Å². The summed E-state index contributed by atoms with van der Waals surface area (Å²) in [6, 6.07) is 4.46. The highest BCUT2D eigenvalue weighted by Gasteiger charge is 2.38. The summed E-state index contributed by atoms with van der Waals surface area (Å²) in [6.07, 6.45) is -9.06. The molecule has 3 heterocycles. The maximum atomic E-state index is 10.6. The molecule has 0 unspecified atom stereocenters. The number of carboxylic acids is 2. The van der Waals surface area contributed by atoms with Crippen LogP contribution in [0.15, 0.2) is 12.1 Å². The SMILES string of the molecule is Cc1ccc(CN2CCc3c(CN(C)C)n[nH]c3C2)s1.O=C(O)C(F)(F)F.O=C(O)C(F)(F)F. The topological polar surface area (TPSA) is 110 Å². The molecule has 34 heavy (non-hydrogen) atoms. The fraction of sp³-hybridized carbons (Fsp3) is 0.526. The van der Waals surface area contributed by atoms with Crippen LogP contribution >= 0.6 is 11.3 Å². The minimum atomic E-state index is -5.08. The number of aromatic nitrogens is 2. The smallest absolute Gasteiger partial charge is 0.475 e. The lowest BCUT2D eigenvalue weighted by molar-refractivity contribution is -0.193. The predicted molar refractivity (Wildman–Crippen MR) is 110 cm³/mol. The van der Waals surface area contributed by atoms with Gasteiger partial charge in [-0.15, -0.1) is 11.3 Å². The second kappa shape index (κ2) is 12.2. The average molecular weight is 518 g/mol. The van der Waals surface area contributed by atoms with Crippen molar-refractivity contribution in [1.29, 1.82) is 0 Å². The predicted octanol–water partition coefficient (Wildman–Crippen LogP) is 3.67. The zero-order valence-electron chi connectivity index (χ0n) is 18.4. The molecule has 3 rings (SSSR count). The number of nitrogens with zero attached hydrogens (tertiary/aromatic N) is 3. The van der Waals surface area contributed by atoms with E-state index in [0.717, 1.165) is 32.6 Å². The third kappa shape index (κ3) is 10.1. The molecular formula is C19H24F6N4O4S. The zero-order valence-corrected chi connectivity index (χ0v) is 19.2. The van der Waals surface area contributed by atoms with Crippen LogP contribution in [-0.2, 0) is 35.6 Å². The number of nitrogens with one attached hydrogen (secondary N) is 1. The first-order chi connectivity index (χ1) is 15.5. The highest BCUT2D eigenvalue weighted by molar-refractivity contribution is 7.11. The molecule has 192 valence electrons. The number of aromatic amines is 1. The highest BCUT2D eigenvalue weighted by atomic mass is 32.1. The van der Waals surface area contributed by atoms with Gasteiger partial charge in [0.05, 0.1) is 11.4 Å². The summed E-state index contributed by atoms with van der Waals surface area (Å²) >= 11 is 1.90. The van der Waals surface area contributed by atoms with Gasteiger partial charge in [-0.2, -0.15) is 31.4 Å². The van der Waals surface area contributed by atoms with Crippen LogP contribution in [0.2, 0.25) is 0 Å². The van der Waals surface area contributed by atoms with Gasteiger partial charge in [0.25, 0.3) is 0 Å². The molecule has 0 radical (unpaired) electrons. The minimum absolute atomic E-state index is 0.927. The first-order valence-electron chi connectivity index (χ1n) is 9.58. The van der Waals surface area contributed by atoms with Crippen molar-refractivity contribution in [3.63, 3.8) is 0 Å². The number of alkyl halides is 6. The van der Waals surface area contributed by atoms with E-state index in [9.17, 15) is 26.3 Å². The first-order valence-corrected chi connectivity index (χ1v) is 10.4. The Kier molecular flexibility index (Phi) is 10.5. The molecule has 0 aromatic carbocycles. The Hall–Kier alpha value is -2.65. The van der Waals surface area contributed by atoms with Crippen LogP contribution in [0.4, 0.5) is 26.3 Å². The van der Waals surface area contributed by atoms with Crippen molar-refractivity contribution < 1.29 is 46.1 Å². The number of halogens is 6. The van der Waals surface area contributed by atoms with Crippen LogP contribution < -0.4 is 0 Å². The number of carboxylic acid groups (broad SMARTS) is 2. The Labute approximate surface area is 194 Å². The van der Waals surface area contributed by atoms with E-state index >= 15 is 0 Å². The van der Waals surface area contributed by atoms with Gasteiger partial charge in [-0.1, -0.05) is 0 Å². The normalized spacial score (nSPS) is 13.9. The molecule has 2 aromatic rings. The van der Waals surface area contributed by atoms with Gasteiger partial charge in [-0.3, -0.25) is 10.00 Å². The van der Waals surface area contributed by atoms with Crippen LogP contribution in [0, 0.1) is 6.92 Å². The average Bonchev–Trinajstić information content (AvgIpc) is 3.26. The van der Waals surface area contributed by atoms with Crippen molar-refractivity contribution in [2.75, 3.05) is 20.6 Å². The van der Waals surface area contributed by atoms with Crippen LogP contribution in [0.1, 0.15) is 26.7 Å². The number of fused-ring (bicyclic) bond motifs is 1. The van der Waals surface area contributed by atoms with E-state index in [1.54, 1.807) is 0 Å². The van der Waals surface area contributed by atoms with Crippen molar-refractivity contribution in [3.05, 3.63) is 38.8 Å². The van der Waals surface area contributed by atoms with Gasteiger partial charge >= 0.3 is 24.3 Å². The monoisotopic (exact) mass is 518 g/mol. The summed E-state index contributed by atoms with van der Waals surface area (Å²) in [5.41, 5.74) is 3.97. The third-order valence-electron chi connectivity index (χ3n) is 4.22. The first kappa shape index (κ1) is 29.4. The molecule has 15 heteroatoms. The summed E-state index contributed by atoms with van der Waals surface area (Å²) in [5, 5.41) is 22.0. The zero-order chi connectivity index (χ0) is 26.3. The molecule has 0 amide bonds. The second-order valence-corrected chi connectivity index (χ2v) is 8.82. The summed E-state index contributed by atoms with van der Waals surface area (Å²) in [7, 11) is 4.19. The van der Waals surface area contributed by atoms with Crippen molar-refractivity contribution in [2.45, 2.75) is 45.3 Å². The molecule has 3 N–H and O–H groups in total. The van der Waals surface area contributed by atoms with E-state index < -0.39 is 24.3 Å². The Morgan fingerprint density at radius 3 is 2.06 bits per heavy atom. The Bertz CT molecular complexity index is 931.